The molecule has 6 nitrogen and oxygen atoms in total. The Morgan fingerprint density at radius 1 is 1.06 bits per heavy atom. The van der Waals surface area contributed by atoms with Gasteiger partial charge in [-0.2, -0.15) is 0 Å². The lowest BCUT2D eigenvalue weighted by Crippen LogP contribution is -2.49. The maximum absolute atomic E-state index is 13.4. The number of hydrogen-bond acceptors (Lipinski definition) is 5. The van der Waals surface area contributed by atoms with Crippen LogP contribution >= 0.6 is 22.9 Å². The van der Waals surface area contributed by atoms with Crippen molar-refractivity contribution >= 4 is 44.7 Å². The van der Waals surface area contributed by atoms with E-state index in [0.717, 1.165) is 67.4 Å². The zero-order chi connectivity index (χ0) is 22.4. The van der Waals surface area contributed by atoms with Crippen molar-refractivity contribution in [3.63, 3.8) is 0 Å². The number of nitrogens with zero attached hydrogens (tertiary/aromatic N) is 4. The summed E-state index contributed by atoms with van der Waals surface area (Å²) in [6, 6.07) is 5.93. The van der Waals surface area contributed by atoms with Crippen LogP contribution in [0.3, 0.4) is 0 Å². The first-order valence-corrected chi connectivity index (χ1v) is 12.5. The topological polar surface area (TPSA) is 58.4 Å². The maximum atomic E-state index is 13.4. The Labute approximate surface area is 196 Å². The van der Waals surface area contributed by atoms with E-state index in [4.69, 9.17) is 16.6 Å². The van der Waals surface area contributed by atoms with E-state index in [1.54, 1.807) is 0 Å². The second kappa shape index (κ2) is 8.52. The minimum absolute atomic E-state index is 0.00700. The summed E-state index contributed by atoms with van der Waals surface area (Å²) in [4.78, 5) is 37.0. The number of halogens is 1. The molecule has 1 amide bonds. The van der Waals surface area contributed by atoms with Crippen molar-refractivity contribution in [2.24, 2.45) is 0 Å². The molecule has 0 N–H and O–H groups in total. The van der Waals surface area contributed by atoms with E-state index in [-0.39, 0.29) is 11.5 Å². The average molecular weight is 471 g/mol. The summed E-state index contributed by atoms with van der Waals surface area (Å²) in [5.41, 5.74) is 3.10. The number of fused-ring (bicyclic) bond motifs is 2. The van der Waals surface area contributed by atoms with Gasteiger partial charge >= 0.3 is 0 Å². The minimum Gasteiger partial charge on any atom is -0.368 e. The number of piperazine rings is 1. The zero-order valence-corrected chi connectivity index (χ0v) is 20.1. The molecule has 2 aliphatic heterocycles. The van der Waals surface area contributed by atoms with Gasteiger partial charge in [-0.25, -0.2) is 4.98 Å². The smallest absolute Gasteiger partial charge is 0.264 e. The number of rotatable bonds is 2. The first-order chi connectivity index (χ1) is 15.4. The van der Waals surface area contributed by atoms with E-state index >= 15 is 0 Å². The molecule has 32 heavy (non-hydrogen) atoms. The molecule has 0 saturated carbocycles. The van der Waals surface area contributed by atoms with Crippen LogP contribution in [0, 0.1) is 13.8 Å². The molecule has 2 aromatic heterocycles. The normalized spacial score (nSPS) is 16.8. The fourth-order valence-corrected chi connectivity index (χ4v) is 6.16. The van der Waals surface area contributed by atoms with E-state index in [1.807, 2.05) is 34.6 Å². The van der Waals surface area contributed by atoms with Gasteiger partial charge in [-0.05, 0) is 49.9 Å². The Morgan fingerprint density at radius 2 is 1.84 bits per heavy atom. The Balaban J connectivity index is 1.40. The summed E-state index contributed by atoms with van der Waals surface area (Å²) in [5.74, 6) is 0.873. The summed E-state index contributed by atoms with van der Waals surface area (Å²) >= 11 is 7.57. The van der Waals surface area contributed by atoms with Crippen LogP contribution in [0.15, 0.2) is 23.0 Å². The van der Waals surface area contributed by atoms with Crippen LogP contribution in [0.4, 0.5) is 5.69 Å². The van der Waals surface area contributed by atoms with Gasteiger partial charge in [-0.3, -0.25) is 14.2 Å². The molecule has 0 atom stereocenters. The highest BCUT2D eigenvalue weighted by molar-refractivity contribution is 7.20. The number of aromatic nitrogens is 2. The molecule has 5 rings (SSSR count). The molecule has 0 bridgehead atoms. The van der Waals surface area contributed by atoms with Crippen LogP contribution in [-0.2, 0) is 13.0 Å². The maximum Gasteiger partial charge on any atom is 0.264 e. The Bertz CT molecular complexity index is 1260. The molecule has 0 unspecified atom stereocenters. The second-order valence-electron chi connectivity index (χ2n) is 8.74. The number of benzene rings is 1. The predicted molar refractivity (Wildman–Crippen MR) is 130 cm³/mol. The summed E-state index contributed by atoms with van der Waals surface area (Å²) in [7, 11) is 0. The van der Waals surface area contributed by atoms with E-state index < -0.39 is 0 Å². The third-order valence-electron chi connectivity index (χ3n) is 6.68. The summed E-state index contributed by atoms with van der Waals surface area (Å²) in [6.45, 7) is 7.49. The predicted octanol–water partition coefficient (Wildman–Crippen LogP) is 4.42. The molecule has 2 aliphatic rings. The number of thiophene rings is 1. The van der Waals surface area contributed by atoms with E-state index in [0.29, 0.717) is 28.2 Å². The molecule has 1 aromatic carbocycles. The Hall–Kier alpha value is -2.38. The van der Waals surface area contributed by atoms with Gasteiger partial charge in [0.2, 0.25) is 0 Å². The van der Waals surface area contributed by atoms with Crippen LogP contribution in [0.5, 0.6) is 0 Å². The van der Waals surface area contributed by atoms with Gasteiger partial charge < -0.3 is 9.80 Å². The molecule has 3 aromatic rings. The van der Waals surface area contributed by atoms with Crippen molar-refractivity contribution in [2.75, 3.05) is 31.1 Å². The number of aryl methyl sites for hydroxylation is 3. The SMILES string of the molecule is Cc1ccc(Cl)cc1N1CCN(C(=O)c2sc3nc4n(c(=O)c3c2C)CCCCC4)CC1. The van der Waals surface area contributed by atoms with Gasteiger partial charge in [0.05, 0.1) is 10.3 Å². The Morgan fingerprint density at radius 3 is 2.62 bits per heavy atom. The summed E-state index contributed by atoms with van der Waals surface area (Å²) in [6.07, 6.45) is 4.02. The molecule has 0 radical (unpaired) electrons. The summed E-state index contributed by atoms with van der Waals surface area (Å²) < 4.78 is 1.83. The monoisotopic (exact) mass is 470 g/mol. The largest absolute Gasteiger partial charge is 0.368 e. The molecule has 1 saturated heterocycles. The van der Waals surface area contributed by atoms with Crippen LogP contribution in [0.25, 0.3) is 10.2 Å². The van der Waals surface area contributed by atoms with Gasteiger partial charge in [0.15, 0.2) is 0 Å². The number of anilines is 1. The van der Waals surface area contributed by atoms with Crippen LogP contribution in [-0.4, -0.2) is 46.5 Å². The van der Waals surface area contributed by atoms with Crippen molar-refractivity contribution in [3.8, 4) is 0 Å². The highest BCUT2D eigenvalue weighted by Crippen LogP contribution is 2.30. The first kappa shape index (κ1) is 21.5. The van der Waals surface area contributed by atoms with Crippen molar-refractivity contribution < 1.29 is 4.79 Å². The highest BCUT2D eigenvalue weighted by Gasteiger charge is 2.28. The molecule has 0 aliphatic carbocycles. The molecule has 4 heterocycles. The molecular formula is C24H27ClN4O2S. The van der Waals surface area contributed by atoms with Crippen molar-refractivity contribution in [3.05, 3.63) is 55.4 Å². The summed E-state index contributed by atoms with van der Waals surface area (Å²) in [5, 5.41) is 1.35. The van der Waals surface area contributed by atoms with Crippen molar-refractivity contribution in [1.82, 2.24) is 14.5 Å². The lowest BCUT2D eigenvalue weighted by atomic mass is 10.1. The molecule has 0 spiro atoms. The number of hydrogen-bond donors (Lipinski definition) is 0. The highest BCUT2D eigenvalue weighted by atomic mass is 35.5. The first-order valence-electron chi connectivity index (χ1n) is 11.3. The van der Waals surface area contributed by atoms with Crippen LogP contribution in [0.2, 0.25) is 5.02 Å². The third-order valence-corrected chi connectivity index (χ3v) is 8.09. The zero-order valence-electron chi connectivity index (χ0n) is 18.5. The van der Waals surface area contributed by atoms with Gasteiger partial charge in [0, 0.05) is 49.9 Å². The number of amides is 1. The lowest BCUT2D eigenvalue weighted by molar-refractivity contribution is 0.0751. The molecule has 8 heteroatoms. The van der Waals surface area contributed by atoms with Gasteiger partial charge in [0.1, 0.15) is 10.7 Å². The van der Waals surface area contributed by atoms with E-state index in [2.05, 4.69) is 11.8 Å². The van der Waals surface area contributed by atoms with Gasteiger partial charge in [0.25, 0.3) is 11.5 Å². The number of carbonyl (C=O) groups is 1. The molecule has 168 valence electrons. The quantitative estimate of drug-likeness (QED) is 0.556. The fourth-order valence-electron chi connectivity index (χ4n) is 4.83. The third kappa shape index (κ3) is 3.71. The second-order valence-corrected chi connectivity index (χ2v) is 10.2. The van der Waals surface area contributed by atoms with Crippen LogP contribution < -0.4 is 10.5 Å². The fraction of sp³-hybridized carbons (Fsp3) is 0.458. The standard InChI is InChI=1S/C24H27ClN4O2S/c1-15-7-8-17(25)14-18(15)27-10-12-28(13-11-27)24(31)21-16(2)20-22(32-21)26-19-6-4-3-5-9-29(19)23(20)30/h7-8,14H,3-6,9-13H2,1-2H3. The lowest BCUT2D eigenvalue weighted by Gasteiger charge is -2.36. The average Bonchev–Trinajstić information content (AvgIpc) is 2.96. The molecular weight excluding hydrogens is 444 g/mol. The van der Waals surface area contributed by atoms with Gasteiger partial charge in [-0.15, -0.1) is 11.3 Å². The minimum atomic E-state index is 0.00700. The van der Waals surface area contributed by atoms with E-state index in [9.17, 15) is 9.59 Å². The van der Waals surface area contributed by atoms with E-state index in [1.165, 1.54) is 16.9 Å². The van der Waals surface area contributed by atoms with Crippen LogP contribution in [0.1, 0.15) is 45.9 Å². The molecule has 1 fully saturated rings. The number of carbonyl (C=O) groups excluding carboxylic acids is 1. The van der Waals surface area contributed by atoms with Crippen molar-refractivity contribution in [1.29, 1.82) is 0 Å². The van der Waals surface area contributed by atoms with Crippen molar-refractivity contribution in [2.45, 2.75) is 46.1 Å². The Kier molecular flexibility index (Phi) is 5.72. The van der Waals surface area contributed by atoms with Gasteiger partial charge in [-0.1, -0.05) is 24.1 Å².